The van der Waals surface area contributed by atoms with Gasteiger partial charge in [0.25, 0.3) is 0 Å². The van der Waals surface area contributed by atoms with Gasteiger partial charge in [-0.3, -0.25) is 0 Å². The van der Waals surface area contributed by atoms with Gasteiger partial charge in [-0.2, -0.15) is 0 Å². The number of hydrogen-bond acceptors (Lipinski definition) is 1. The molecule has 84 valence electrons. The van der Waals surface area contributed by atoms with Gasteiger partial charge in [0.1, 0.15) is 11.5 Å². The van der Waals surface area contributed by atoms with Gasteiger partial charge in [0, 0.05) is 23.7 Å². The van der Waals surface area contributed by atoms with Crippen LogP contribution < -0.4 is 0 Å². The van der Waals surface area contributed by atoms with E-state index < -0.39 is 0 Å². The van der Waals surface area contributed by atoms with Crippen LogP contribution in [0.1, 0.15) is 11.3 Å². The van der Waals surface area contributed by atoms with Crippen LogP contribution >= 0.6 is 0 Å². The van der Waals surface area contributed by atoms with Crippen molar-refractivity contribution in [3.8, 4) is 0 Å². The van der Waals surface area contributed by atoms with Gasteiger partial charge in [0.2, 0.25) is 0 Å². The Hall–Kier alpha value is -2.16. The van der Waals surface area contributed by atoms with Crippen molar-refractivity contribution in [3.63, 3.8) is 0 Å². The average Bonchev–Trinajstić information content (AvgIpc) is 2.76. The van der Waals surface area contributed by atoms with Crippen molar-refractivity contribution in [2.45, 2.75) is 6.42 Å². The summed E-state index contributed by atoms with van der Waals surface area (Å²) in [7, 11) is 0. The molecule has 0 saturated carbocycles. The lowest BCUT2D eigenvalue weighted by Gasteiger charge is -2.01. The zero-order valence-electron chi connectivity index (χ0n) is 9.15. The van der Waals surface area contributed by atoms with E-state index in [0.717, 1.165) is 22.3 Å². The molecule has 2 nitrogen and oxygen atoms in total. The van der Waals surface area contributed by atoms with E-state index in [1.807, 2.05) is 30.5 Å². The van der Waals surface area contributed by atoms with Gasteiger partial charge < -0.3 is 4.98 Å². The van der Waals surface area contributed by atoms with Crippen molar-refractivity contribution >= 4 is 11.0 Å². The monoisotopic (exact) mass is 226 g/mol. The van der Waals surface area contributed by atoms with Crippen LogP contribution in [0.25, 0.3) is 11.0 Å². The maximum atomic E-state index is 13.0. The molecule has 0 saturated heterocycles. The minimum absolute atomic E-state index is 0.205. The summed E-state index contributed by atoms with van der Waals surface area (Å²) in [5.74, 6) is -0.205. The Labute approximate surface area is 98.1 Å². The number of aromatic amines is 1. The molecule has 0 aliphatic rings. The topological polar surface area (TPSA) is 28.7 Å². The highest BCUT2D eigenvalue weighted by Crippen LogP contribution is 2.13. The number of aromatic nitrogens is 2. The molecule has 2 heterocycles. The second-order valence-corrected chi connectivity index (χ2v) is 4.02. The van der Waals surface area contributed by atoms with Crippen LogP contribution in [0.15, 0.2) is 48.7 Å². The number of halogens is 1. The first kappa shape index (κ1) is 10.0. The van der Waals surface area contributed by atoms with Gasteiger partial charge in [-0.05, 0) is 35.9 Å². The Balaban J connectivity index is 1.94. The molecular weight excluding hydrogens is 215 g/mol. The van der Waals surface area contributed by atoms with Crippen LogP contribution in [0, 0.1) is 5.82 Å². The summed E-state index contributed by atoms with van der Waals surface area (Å²) >= 11 is 0. The third-order valence-corrected chi connectivity index (χ3v) is 2.74. The van der Waals surface area contributed by atoms with E-state index >= 15 is 0 Å². The maximum Gasteiger partial charge on any atom is 0.137 e. The minimum atomic E-state index is -0.205. The molecule has 0 spiro atoms. The van der Waals surface area contributed by atoms with Gasteiger partial charge >= 0.3 is 0 Å². The zero-order chi connectivity index (χ0) is 11.7. The van der Waals surface area contributed by atoms with Gasteiger partial charge in [0.05, 0.1) is 0 Å². The summed E-state index contributed by atoms with van der Waals surface area (Å²) in [6.07, 6.45) is 2.51. The molecule has 3 aromatic rings. The Bertz CT molecular complexity index is 658. The SMILES string of the molecule is Fc1cccc(Cc2ccc3cc[nH]c3n2)c1. The Morgan fingerprint density at radius 3 is 2.94 bits per heavy atom. The summed E-state index contributed by atoms with van der Waals surface area (Å²) in [5.41, 5.74) is 2.74. The fraction of sp³-hybridized carbons (Fsp3) is 0.0714. The van der Waals surface area contributed by atoms with Crippen molar-refractivity contribution in [2.75, 3.05) is 0 Å². The molecule has 3 rings (SSSR count). The van der Waals surface area contributed by atoms with Crippen molar-refractivity contribution < 1.29 is 4.39 Å². The number of nitrogens with one attached hydrogen (secondary N) is 1. The predicted octanol–water partition coefficient (Wildman–Crippen LogP) is 3.29. The van der Waals surface area contributed by atoms with E-state index in [1.165, 1.54) is 6.07 Å². The Morgan fingerprint density at radius 1 is 1.12 bits per heavy atom. The van der Waals surface area contributed by atoms with Gasteiger partial charge in [-0.15, -0.1) is 0 Å². The molecule has 0 aliphatic carbocycles. The van der Waals surface area contributed by atoms with Gasteiger partial charge in [0.15, 0.2) is 0 Å². The van der Waals surface area contributed by atoms with E-state index in [2.05, 4.69) is 9.97 Å². The van der Waals surface area contributed by atoms with Crippen molar-refractivity contribution in [2.24, 2.45) is 0 Å². The van der Waals surface area contributed by atoms with Crippen LogP contribution in [0.5, 0.6) is 0 Å². The van der Waals surface area contributed by atoms with Gasteiger partial charge in [-0.25, -0.2) is 9.37 Å². The third kappa shape index (κ3) is 2.04. The zero-order valence-corrected chi connectivity index (χ0v) is 9.15. The van der Waals surface area contributed by atoms with Crippen molar-refractivity contribution in [1.29, 1.82) is 0 Å². The quantitative estimate of drug-likeness (QED) is 0.713. The summed E-state index contributed by atoms with van der Waals surface area (Å²) in [6.45, 7) is 0. The van der Waals surface area contributed by atoms with E-state index in [1.54, 1.807) is 12.1 Å². The summed E-state index contributed by atoms with van der Waals surface area (Å²) < 4.78 is 13.0. The number of benzene rings is 1. The third-order valence-electron chi connectivity index (χ3n) is 2.74. The Morgan fingerprint density at radius 2 is 2.06 bits per heavy atom. The van der Waals surface area contributed by atoms with Crippen LogP contribution in [-0.2, 0) is 6.42 Å². The lowest BCUT2D eigenvalue weighted by molar-refractivity contribution is 0.626. The molecule has 0 atom stereocenters. The number of fused-ring (bicyclic) bond motifs is 1. The fourth-order valence-electron chi connectivity index (χ4n) is 1.93. The van der Waals surface area contributed by atoms with E-state index in [4.69, 9.17) is 0 Å². The number of pyridine rings is 1. The number of hydrogen-bond donors (Lipinski definition) is 1. The molecule has 0 unspecified atom stereocenters. The van der Waals surface area contributed by atoms with E-state index in [-0.39, 0.29) is 5.82 Å². The highest BCUT2D eigenvalue weighted by Gasteiger charge is 2.01. The highest BCUT2D eigenvalue weighted by molar-refractivity contribution is 5.75. The van der Waals surface area contributed by atoms with Crippen LogP contribution in [-0.4, -0.2) is 9.97 Å². The first-order chi connectivity index (χ1) is 8.31. The van der Waals surface area contributed by atoms with Crippen LogP contribution in [0.3, 0.4) is 0 Å². The average molecular weight is 226 g/mol. The molecule has 0 amide bonds. The number of nitrogens with zero attached hydrogens (tertiary/aromatic N) is 1. The van der Waals surface area contributed by atoms with E-state index in [9.17, 15) is 4.39 Å². The second-order valence-electron chi connectivity index (χ2n) is 4.02. The number of rotatable bonds is 2. The largest absolute Gasteiger partial charge is 0.346 e. The summed E-state index contributed by atoms with van der Waals surface area (Å²) in [5, 5.41) is 1.09. The van der Waals surface area contributed by atoms with Crippen LogP contribution in [0.2, 0.25) is 0 Å². The second kappa shape index (κ2) is 4.01. The molecule has 2 aromatic heterocycles. The molecule has 1 aromatic carbocycles. The van der Waals surface area contributed by atoms with Crippen molar-refractivity contribution in [1.82, 2.24) is 9.97 Å². The maximum absolute atomic E-state index is 13.0. The van der Waals surface area contributed by atoms with Gasteiger partial charge in [-0.1, -0.05) is 12.1 Å². The smallest absolute Gasteiger partial charge is 0.137 e. The summed E-state index contributed by atoms with van der Waals surface area (Å²) in [4.78, 5) is 7.55. The van der Waals surface area contributed by atoms with Crippen molar-refractivity contribution in [3.05, 3.63) is 65.7 Å². The fourth-order valence-corrected chi connectivity index (χ4v) is 1.93. The Kier molecular flexibility index (Phi) is 2.37. The molecule has 1 N–H and O–H groups in total. The first-order valence-corrected chi connectivity index (χ1v) is 5.49. The standard InChI is InChI=1S/C14H11FN2/c15-12-3-1-2-10(8-12)9-13-5-4-11-6-7-16-14(11)17-13/h1-8H,9H2,(H,16,17). The molecule has 0 bridgehead atoms. The summed E-state index contributed by atoms with van der Waals surface area (Å²) in [6, 6.07) is 12.6. The molecule has 17 heavy (non-hydrogen) atoms. The minimum Gasteiger partial charge on any atom is -0.346 e. The van der Waals surface area contributed by atoms with E-state index in [0.29, 0.717) is 6.42 Å². The number of H-pyrrole nitrogens is 1. The molecule has 3 heteroatoms. The highest BCUT2D eigenvalue weighted by atomic mass is 19.1. The lowest BCUT2D eigenvalue weighted by atomic mass is 10.1. The molecule has 0 fully saturated rings. The van der Waals surface area contributed by atoms with Crippen LogP contribution in [0.4, 0.5) is 4.39 Å². The first-order valence-electron chi connectivity index (χ1n) is 5.49. The molecule has 0 radical (unpaired) electrons. The molecular formula is C14H11FN2. The molecule has 0 aliphatic heterocycles. The normalized spacial score (nSPS) is 10.9. The predicted molar refractivity (Wildman–Crippen MR) is 65.3 cm³/mol. The lowest BCUT2D eigenvalue weighted by Crippen LogP contribution is -1.92.